The second-order valence-electron chi connectivity index (χ2n) is 5.32. The Morgan fingerprint density at radius 1 is 1.47 bits per heavy atom. The van der Waals surface area contributed by atoms with Crippen LogP contribution in [0.4, 0.5) is 4.79 Å². The van der Waals surface area contributed by atoms with Crippen LogP contribution in [0.25, 0.3) is 0 Å². The van der Waals surface area contributed by atoms with Crippen LogP contribution in [0.3, 0.4) is 0 Å². The zero-order chi connectivity index (χ0) is 11.6. The third-order valence-electron chi connectivity index (χ3n) is 3.13. The summed E-state index contributed by atoms with van der Waals surface area (Å²) < 4.78 is 0. The second kappa shape index (κ2) is 4.39. The van der Waals surface area contributed by atoms with Crippen LogP contribution < -0.4 is 5.32 Å². The van der Waals surface area contributed by atoms with Gasteiger partial charge in [-0.25, -0.2) is 4.79 Å². The maximum Gasteiger partial charge on any atom is 0.407 e. The molecule has 1 fully saturated rings. The lowest BCUT2D eigenvalue weighted by atomic mass is 9.78. The van der Waals surface area contributed by atoms with Gasteiger partial charge in [0.25, 0.3) is 0 Å². The summed E-state index contributed by atoms with van der Waals surface area (Å²) in [5, 5.41) is 12.4. The van der Waals surface area contributed by atoms with E-state index >= 15 is 0 Å². The Morgan fingerprint density at radius 3 is 2.47 bits per heavy atom. The van der Waals surface area contributed by atoms with Crippen LogP contribution in [0, 0.1) is 5.41 Å². The number of piperidine rings is 1. The third kappa shape index (κ3) is 2.62. The second-order valence-corrected chi connectivity index (χ2v) is 5.32. The molecule has 0 aromatic carbocycles. The van der Waals surface area contributed by atoms with Crippen molar-refractivity contribution >= 4 is 6.09 Å². The summed E-state index contributed by atoms with van der Waals surface area (Å²) in [4.78, 5) is 12.8. The van der Waals surface area contributed by atoms with E-state index in [1.807, 2.05) is 7.05 Å². The van der Waals surface area contributed by atoms with E-state index in [1.54, 1.807) is 4.90 Å². The molecule has 2 N–H and O–H groups in total. The average Bonchev–Trinajstić information content (AvgIpc) is 2.15. The molecule has 0 saturated carbocycles. The first-order valence-corrected chi connectivity index (χ1v) is 5.54. The predicted molar refractivity (Wildman–Crippen MR) is 60.1 cm³/mol. The topological polar surface area (TPSA) is 52.6 Å². The number of rotatable bonds is 1. The lowest BCUT2D eigenvalue weighted by Crippen LogP contribution is -2.60. The first-order valence-electron chi connectivity index (χ1n) is 5.54. The summed E-state index contributed by atoms with van der Waals surface area (Å²) in [5.74, 6) is 0. The quantitative estimate of drug-likeness (QED) is 0.699. The van der Waals surface area contributed by atoms with E-state index in [4.69, 9.17) is 0 Å². The first-order chi connectivity index (χ1) is 6.88. The van der Waals surface area contributed by atoms with Gasteiger partial charge >= 0.3 is 6.09 Å². The molecule has 4 nitrogen and oxygen atoms in total. The number of amides is 1. The largest absolute Gasteiger partial charge is 0.465 e. The van der Waals surface area contributed by atoms with Crippen molar-refractivity contribution in [1.82, 2.24) is 10.2 Å². The summed E-state index contributed by atoms with van der Waals surface area (Å²) in [6.07, 6.45) is 1.21. The fraction of sp³-hybridized carbons (Fsp3) is 0.909. The van der Waals surface area contributed by atoms with Crippen molar-refractivity contribution in [3.8, 4) is 0 Å². The number of carbonyl (C=O) groups is 1. The molecule has 15 heavy (non-hydrogen) atoms. The van der Waals surface area contributed by atoms with Crippen LogP contribution in [0.5, 0.6) is 0 Å². The van der Waals surface area contributed by atoms with Crippen LogP contribution in [0.15, 0.2) is 0 Å². The van der Waals surface area contributed by atoms with Gasteiger partial charge in [0, 0.05) is 12.6 Å². The molecule has 2 atom stereocenters. The van der Waals surface area contributed by atoms with E-state index in [0.717, 1.165) is 12.8 Å². The minimum Gasteiger partial charge on any atom is -0.465 e. The van der Waals surface area contributed by atoms with E-state index in [-0.39, 0.29) is 17.5 Å². The predicted octanol–water partition coefficient (Wildman–Crippen LogP) is 1.76. The van der Waals surface area contributed by atoms with Gasteiger partial charge in [-0.1, -0.05) is 20.8 Å². The molecule has 1 aliphatic heterocycles. The van der Waals surface area contributed by atoms with Crippen molar-refractivity contribution in [2.45, 2.75) is 45.7 Å². The van der Waals surface area contributed by atoms with Gasteiger partial charge in [-0.05, 0) is 25.3 Å². The van der Waals surface area contributed by atoms with Crippen LogP contribution >= 0.6 is 0 Å². The third-order valence-corrected chi connectivity index (χ3v) is 3.13. The van der Waals surface area contributed by atoms with Crippen molar-refractivity contribution in [2.24, 2.45) is 5.41 Å². The van der Waals surface area contributed by atoms with E-state index < -0.39 is 6.09 Å². The van der Waals surface area contributed by atoms with Gasteiger partial charge < -0.3 is 15.3 Å². The van der Waals surface area contributed by atoms with Crippen molar-refractivity contribution in [1.29, 1.82) is 0 Å². The van der Waals surface area contributed by atoms with Gasteiger partial charge in [0.05, 0.1) is 6.04 Å². The highest BCUT2D eigenvalue weighted by Crippen LogP contribution is 2.32. The molecule has 1 unspecified atom stereocenters. The Morgan fingerprint density at radius 2 is 2.07 bits per heavy atom. The van der Waals surface area contributed by atoms with Crippen molar-refractivity contribution < 1.29 is 9.90 Å². The maximum atomic E-state index is 11.2. The molecule has 88 valence electrons. The number of nitrogens with zero attached hydrogens (tertiary/aromatic N) is 1. The summed E-state index contributed by atoms with van der Waals surface area (Å²) in [5.41, 5.74) is -0.0213. The molecule has 1 aliphatic rings. The van der Waals surface area contributed by atoms with E-state index in [1.165, 1.54) is 0 Å². The minimum atomic E-state index is -0.796. The van der Waals surface area contributed by atoms with E-state index in [9.17, 15) is 9.90 Å². The zero-order valence-electron chi connectivity index (χ0n) is 10.1. The van der Waals surface area contributed by atoms with E-state index in [0.29, 0.717) is 6.54 Å². The number of nitrogens with one attached hydrogen (secondary N) is 1. The molecule has 1 saturated heterocycles. The fourth-order valence-electron chi connectivity index (χ4n) is 2.58. The lowest BCUT2D eigenvalue weighted by Gasteiger charge is -2.46. The highest BCUT2D eigenvalue weighted by atomic mass is 16.4. The normalized spacial score (nSPS) is 27.9. The van der Waals surface area contributed by atoms with Crippen LogP contribution in [0.1, 0.15) is 33.6 Å². The highest BCUT2D eigenvalue weighted by molar-refractivity contribution is 5.65. The molecule has 1 rings (SSSR count). The monoisotopic (exact) mass is 214 g/mol. The molecule has 0 bridgehead atoms. The SMILES string of the molecule is CN[C@@H]1CCCN(C(=O)O)C1C(C)(C)C. The molecule has 0 aromatic heterocycles. The van der Waals surface area contributed by atoms with Gasteiger partial charge in [-0.15, -0.1) is 0 Å². The molecule has 1 amide bonds. The van der Waals surface area contributed by atoms with Crippen LogP contribution in [-0.4, -0.2) is 41.8 Å². The standard InChI is InChI=1S/C11H22N2O2/c1-11(2,3)9-8(12-4)6-5-7-13(9)10(14)15/h8-9,12H,5-7H2,1-4H3,(H,14,15)/t8-,9?/m1/s1. The Labute approximate surface area is 91.6 Å². The molecule has 0 radical (unpaired) electrons. The van der Waals surface area contributed by atoms with Gasteiger partial charge in [-0.3, -0.25) is 0 Å². The molecule has 1 heterocycles. The number of hydrogen-bond donors (Lipinski definition) is 2. The van der Waals surface area contributed by atoms with Crippen molar-refractivity contribution in [3.63, 3.8) is 0 Å². The summed E-state index contributed by atoms with van der Waals surface area (Å²) >= 11 is 0. The van der Waals surface area contributed by atoms with E-state index in [2.05, 4.69) is 26.1 Å². The van der Waals surface area contributed by atoms with Gasteiger partial charge in [0.15, 0.2) is 0 Å². The number of likely N-dealkylation sites (tertiary alicyclic amines) is 1. The summed E-state index contributed by atoms with van der Waals surface area (Å²) in [6.45, 7) is 6.96. The lowest BCUT2D eigenvalue weighted by molar-refractivity contribution is 0.0397. The zero-order valence-corrected chi connectivity index (χ0v) is 10.1. The molecule has 0 spiro atoms. The number of likely N-dealkylation sites (N-methyl/N-ethyl adjacent to an activating group) is 1. The first kappa shape index (κ1) is 12.3. The molecule has 0 aliphatic carbocycles. The van der Waals surface area contributed by atoms with Crippen LogP contribution in [0.2, 0.25) is 0 Å². The van der Waals surface area contributed by atoms with Gasteiger partial charge in [0.1, 0.15) is 0 Å². The summed E-state index contributed by atoms with van der Waals surface area (Å²) in [6, 6.07) is 0.337. The molecular formula is C11H22N2O2. The van der Waals surface area contributed by atoms with Gasteiger partial charge in [0.2, 0.25) is 0 Å². The Hall–Kier alpha value is -0.770. The Bertz CT molecular complexity index is 235. The average molecular weight is 214 g/mol. The molecular weight excluding hydrogens is 192 g/mol. The smallest absolute Gasteiger partial charge is 0.407 e. The maximum absolute atomic E-state index is 11.2. The Balaban J connectivity index is 2.91. The minimum absolute atomic E-state index is 0.0213. The summed E-state index contributed by atoms with van der Waals surface area (Å²) in [7, 11) is 1.91. The molecule has 4 heteroatoms. The fourth-order valence-corrected chi connectivity index (χ4v) is 2.58. The molecule has 0 aromatic rings. The number of carboxylic acid groups (broad SMARTS) is 1. The van der Waals surface area contributed by atoms with Crippen molar-refractivity contribution in [3.05, 3.63) is 0 Å². The highest BCUT2D eigenvalue weighted by Gasteiger charge is 2.40. The van der Waals surface area contributed by atoms with Crippen molar-refractivity contribution in [2.75, 3.05) is 13.6 Å². The van der Waals surface area contributed by atoms with Gasteiger partial charge in [-0.2, -0.15) is 0 Å². The number of hydrogen-bond acceptors (Lipinski definition) is 2. The van der Waals surface area contributed by atoms with Crippen LogP contribution in [-0.2, 0) is 0 Å². The Kier molecular flexibility index (Phi) is 3.60.